The second-order valence-electron chi connectivity index (χ2n) is 7.28. The number of carbonyl (C=O) groups excluding carboxylic acids is 1. The lowest BCUT2D eigenvalue weighted by Gasteiger charge is -2.48. The predicted octanol–water partition coefficient (Wildman–Crippen LogP) is -0.638. The van der Waals surface area contributed by atoms with E-state index < -0.39 is 67.4 Å². The molecule has 2 fully saturated rings. The van der Waals surface area contributed by atoms with Crippen molar-refractivity contribution in [3.8, 4) is 0 Å². The highest BCUT2D eigenvalue weighted by molar-refractivity contribution is 5.75. The Morgan fingerprint density at radius 2 is 1.19 bits per heavy atom. The number of rotatable bonds is 11. The van der Waals surface area contributed by atoms with Crippen LogP contribution in [-0.2, 0) is 56.9 Å². The van der Waals surface area contributed by atoms with Crippen molar-refractivity contribution in [3.05, 3.63) is 0 Å². The SMILES string of the molecule is COCC1OC(OC)C(OC)C(OC2OC(C(=O)OC)C(OC)C(OC)C2OC)C1OC. The summed E-state index contributed by atoms with van der Waals surface area (Å²) in [6.45, 7) is 0.227. The molecule has 2 saturated heterocycles. The maximum atomic E-state index is 12.4. The van der Waals surface area contributed by atoms with E-state index in [9.17, 15) is 4.79 Å². The summed E-state index contributed by atoms with van der Waals surface area (Å²) in [4.78, 5) is 12.4. The molecule has 2 heterocycles. The maximum absolute atomic E-state index is 12.4. The Morgan fingerprint density at radius 1 is 0.625 bits per heavy atom. The molecule has 0 aliphatic carbocycles. The van der Waals surface area contributed by atoms with Gasteiger partial charge in [-0.15, -0.1) is 0 Å². The van der Waals surface area contributed by atoms with Gasteiger partial charge in [0.15, 0.2) is 18.7 Å². The lowest BCUT2D eigenvalue weighted by Crippen LogP contribution is -2.66. The zero-order valence-electron chi connectivity index (χ0n) is 19.9. The van der Waals surface area contributed by atoms with Crippen LogP contribution in [0.2, 0.25) is 0 Å². The summed E-state index contributed by atoms with van der Waals surface area (Å²) in [6.07, 6.45) is -7.69. The highest BCUT2D eigenvalue weighted by Crippen LogP contribution is 2.34. The minimum atomic E-state index is -1.11. The number of hydrogen-bond donors (Lipinski definition) is 0. The van der Waals surface area contributed by atoms with E-state index >= 15 is 0 Å². The van der Waals surface area contributed by atoms with Gasteiger partial charge in [-0.3, -0.25) is 0 Å². The summed E-state index contributed by atoms with van der Waals surface area (Å²) in [6, 6.07) is 0. The van der Waals surface area contributed by atoms with Crippen LogP contribution >= 0.6 is 0 Å². The molecule has 32 heavy (non-hydrogen) atoms. The van der Waals surface area contributed by atoms with Gasteiger partial charge in [-0.25, -0.2) is 4.79 Å². The van der Waals surface area contributed by atoms with Crippen LogP contribution in [0.5, 0.6) is 0 Å². The third-order valence-electron chi connectivity index (χ3n) is 5.73. The summed E-state index contributed by atoms with van der Waals surface area (Å²) >= 11 is 0. The van der Waals surface area contributed by atoms with Gasteiger partial charge in [0.05, 0.1) is 13.7 Å². The summed E-state index contributed by atoms with van der Waals surface area (Å²) in [7, 11) is 11.8. The average Bonchev–Trinajstić information content (AvgIpc) is 2.82. The van der Waals surface area contributed by atoms with Crippen molar-refractivity contribution < 1.29 is 56.9 Å². The zero-order valence-corrected chi connectivity index (χ0v) is 19.9. The molecule has 0 amide bonds. The fourth-order valence-corrected chi connectivity index (χ4v) is 4.21. The number of esters is 1. The van der Waals surface area contributed by atoms with Crippen molar-refractivity contribution in [1.82, 2.24) is 0 Å². The number of ether oxygens (including phenoxy) is 11. The van der Waals surface area contributed by atoms with E-state index in [1.54, 1.807) is 7.11 Å². The summed E-state index contributed by atoms with van der Waals surface area (Å²) in [5.41, 5.74) is 0. The Bertz CT molecular complexity index is 563. The molecule has 0 bridgehead atoms. The minimum absolute atomic E-state index is 0.227. The molecule has 0 aromatic rings. The molecule has 188 valence electrons. The zero-order chi connectivity index (χ0) is 23.8. The van der Waals surface area contributed by atoms with Crippen LogP contribution in [0.4, 0.5) is 0 Å². The van der Waals surface area contributed by atoms with E-state index in [4.69, 9.17) is 52.1 Å². The molecule has 0 saturated carbocycles. The monoisotopic (exact) mass is 468 g/mol. The van der Waals surface area contributed by atoms with Gasteiger partial charge in [-0.05, 0) is 0 Å². The van der Waals surface area contributed by atoms with Gasteiger partial charge in [-0.2, -0.15) is 0 Å². The van der Waals surface area contributed by atoms with Crippen molar-refractivity contribution in [2.45, 2.75) is 61.4 Å². The van der Waals surface area contributed by atoms with E-state index in [-0.39, 0.29) is 6.61 Å². The first kappa shape index (κ1) is 27.3. The third-order valence-corrected chi connectivity index (χ3v) is 5.73. The molecule has 2 aliphatic heterocycles. The standard InChI is InChI=1S/C20H36O12/c1-22-9-10-11(23-2)14(17(27-6)19(29-8)30-10)31-20-16(26-5)13(25-4)12(24-3)15(32-20)18(21)28-7/h10-17,19-20H,9H2,1-8H3. The van der Waals surface area contributed by atoms with Gasteiger partial charge in [-0.1, -0.05) is 0 Å². The van der Waals surface area contributed by atoms with Crippen molar-refractivity contribution in [2.75, 3.05) is 63.5 Å². The topological polar surface area (TPSA) is 119 Å². The molecule has 12 nitrogen and oxygen atoms in total. The summed E-state index contributed by atoms with van der Waals surface area (Å²) < 4.78 is 61.9. The fraction of sp³-hybridized carbons (Fsp3) is 0.950. The largest absolute Gasteiger partial charge is 0.467 e. The van der Waals surface area contributed by atoms with E-state index in [2.05, 4.69) is 0 Å². The van der Waals surface area contributed by atoms with Gasteiger partial charge < -0.3 is 52.1 Å². The fourth-order valence-electron chi connectivity index (χ4n) is 4.21. The van der Waals surface area contributed by atoms with E-state index in [1.165, 1.54) is 49.8 Å². The lowest BCUT2D eigenvalue weighted by atomic mass is 9.96. The van der Waals surface area contributed by atoms with Crippen LogP contribution in [0.3, 0.4) is 0 Å². The van der Waals surface area contributed by atoms with Gasteiger partial charge >= 0.3 is 5.97 Å². The predicted molar refractivity (Wildman–Crippen MR) is 107 cm³/mol. The van der Waals surface area contributed by atoms with E-state index in [1.807, 2.05) is 0 Å². The van der Waals surface area contributed by atoms with Gasteiger partial charge in [0.1, 0.15) is 42.7 Å². The van der Waals surface area contributed by atoms with E-state index in [0.29, 0.717) is 0 Å². The van der Waals surface area contributed by atoms with Crippen LogP contribution in [-0.4, -0.2) is 131 Å². The second-order valence-corrected chi connectivity index (χ2v) is 7.28. The molecule has 12 heteroatoms. The Kier molecular flexibility index (Phi) is 11.2. The molecule has 0 aromatic heterocycles. The minimum Gasteiger partial charge on any atom is -0.467 e. The molecular formula is C20H36O12. The first-order valence-electron chi connectivity index (χ1n) is 10.2. The number of methoxy groups -OCH3 is 8. The Balaban J connectivity index is 2.39. The lowest BCUT2D eigenvalue weighted by molar-refractivity contribution is -0.362. The molecular weight excluding hydrogens is 432 g/mol. The molecule has 0 spiro atoms. The van der Waals surface area contributed by atoms with Crippen LogP contribution in [0.25, 0.3) is 0 Å². The molecule has 0 radical (unpaired) electrons. The average molecular weight is 468 g/mol. The van der Waals surface area contributed by atoms with Gasteiger partial charge in [0, 0.05) is 49.8 Å². The molecule has 10 unspecified atom stereocenters. The number of carbonyl (C=O) groups is 1. The van der Waals surface area contributed by atoms with E-state index in [0.717, 1.165) is 0 Å². The van der Waals surface area contributed by atoms with Crippen molar-refractivity contribution >= 4 is 5.97 Å². The van der Waals surface area contributed by atoms with Gasteiger partial charge in [0.2, 0.25) is 0 Å². The summed E-state index contributed by atoms with van der Waals surface area (Å²) in [5.74, 6) is -0.632. The Hall–Kier alpha value is -0.930. The third kappa shape index (κ3) is 5.58. The quantitative estimate of drug-likeness (QED) is 0.359. The van der Waals surface area contributed by atoms with Crippen molar-refractivity contribution in [3.63, 3.8) is 0 Å². The highest BCUT2D eigenvalue weighted by atomic mass is 16.8. The van der Waals surface area contributed by atoms with Crippen LogP contribution in [0, 0.1) is 0 Å². The molecule has 10 atom stereocenters. The van der Waals surface area contributed by atoms with Crippen molar-refractivity contribution in [1.29, 1.82) is 0 Å². The second kappa shape index (κ2) is 13.1. The first-order valence-corrected chi connectivity index (χ1v) is 10.2. The highest BCUT2D eigenvalue weighted by Gasteiger charge is 2.55. The summed E-state index contributed by atoms with van der Waals surface area (Å²) in [5, 5.41) is 0. The molecule has 2 aliphatic rings. The van der Waals surface area contributed by atoms with Crippen molar-refractivity contribution in [2.24, 2.45) is 0 Å². The Morgan fingerprint density at radius 3 is 1.66 bits per heavy atom. The van der Waals surface area contributed by atoms with Crippen LogP contribution in [0.1, 0.15) is 0 Å². The van der Waals surface area contributed by atoms with Crippen LogP contribution < -0.4 is 0 Å². The smallest absolute Gasteiger partial charge is 0.337 e. The molecule has 2 rings (SSSR count). The molecule has 0 N–H and O–H groups in total. The number of hydrogen-bond acceptors (Lipinski definition) is 12. The van der Waals surface area contributed by atoms with Crippen LogP contribution in [0.15, 0.2) is 0 Å². The molecule has 0 aromatic carbocycles. The Labute approximate surface area is 188 Å². The normalized spacial score (nSPS) is 40.2. The first-order chi connectivity index (χ1) is 15.4. The maximum Gasteiger partial charge on any atom is 0.337 e. The van der Waals surface area contributed by atoms with Gasteiger partial charge in [0.25, 0.3) is 0 Å².